The van der Waals surface area contributed by atoms with Crippen LogP contribution in [0.1, 0.15) is 51.3 Å². The Bertz CT molecular complexity index is 1410. The molecule has 6 rings (SSSR count). The molecule has 1 aromatic carbocycles. The van der Waals surface area contributed by atoms with Gasteiger partial charge in [-0.2, -0.15) is 10.2 Å². The van der Waals surface area contributed by atoms with Crippen molar-refractivity contribution in [2.45, 2.75) is 52.1 Å². The molecule has 0 unspecified atom stereocenters. The summed E-state index contributed by atoms with van der Waals surface area (Å²) in [5, 5.41) is 11.8. The SMILES string of the molecule is CC(C)(C)[C@@H]1Cn2nc(C3CC3)c(-c3ccc(F)cc3)c2-c2cc(=O)c(-c3ncn[nH]3)cn21. The number of rotatable bonds is 3. The van der Waals surface area contributed by atoms with Crippen LogP contribution in [0.2, 0.25) is 0 Å². The smallest absolute Gasteiger partial charge is 0.193 e. The van der Waals surface area contributed by atoms with Gasteiger partial charge in [0.25, 0.3) is 0 Å². The van der Waals surface area contributed by atoms with Crippen LogP contribution in [-0.2, 0) is 6.54 Å². The lowest BCUT2D eigenvalue weighted by Crippen LogP contribution is -2.34. The zero-order chi connectivity index (χ0) is 22.9. The van der Waals surface area contributed by atoms with E-state index in [-0.39, 0.29) is 22.7 Å². The number of aromatic nitrogens is 6. The molecule has 8 heteroatoms. The lowest BCUT2D eigenvalue weighted by molar-refractivity contribution is 0.202. The van der Waals surface area contributed by atoms with Crippen molar-refractivity contribution in [3.63, 3.8) is 0 Å². The summed E-state index contributed by atoms with van der Waals surface area (Å²) < 4.78 is 18.0. The van der Waals surface area contributed by atoms with Gasteiger partial charge >= 0.3 is 0 Å². The van der Waals surface area contributed by atoms with Gasteiger partial charge < -0.3 is 4.57 Å². The van der Waals surface area contributed by atoms with E-state index >= 15 is 0 Å². The van der Waals surface area contributed by atoms with Crippen molar-refractivity contribution >= 4 is 0 Å². The number of nitrogens with zero attached hydrogens (tertiary/aromatic N) is 5. The number of benzene rings is 1. The average molecular weight is 445 g/mol. The number of hydrogen-bond acceptors (Lipinski definition) is 4. The molecule has 0 bridgehead atoms. The zero-order valence-corrected chi connectivity index (χ0v) is 18.8. The van der Waals surface area contributed by atoms with Crippen molar-refractivity contribution < 1.29 is 4.39 Å². The van der Waals surface area contributed by atoms with Gasteiger partial charge in [-0.3, -0.25) is 14.6 Å². The number of pyridine rings is 1. The number of hydrogen-bond donors (Lipinski definition) is 1. The van der Waals surface area contributed by atoms with Crippen molar-refractivity contribution in [2.24, 2.45) is 5.41 Å². The van der Waals surface area contributed by atoms with Crippen molar-refractivity contribution in [1.29, 1.82) is 0 Å². The van der Waals surface area contributed by atoms with E-state index in [4.69, 9.17) is 5.10 Å². The molecule has 1 N–H and O–H groups in total. The first-order chi connectivity index (χ1) is 15.8. The van der Waals surface area contributed by atoms with Crippen LogP contribution < -0.4 is 5.43 Å². The molecule has 0 saturated heterocycles. The monoisotopic (exact) mass is 444 g/mol. The first-order valence-electron chi connectivity index (χ1n) is 11.3. The minimum absolute atomic E-state index is 0.0790. The molecule has 3 aromatic heterocycles. The summed E-state index contributed by atoms with van der Waals surface area (Å²) in [4.78, 5) is 17.4. The Morgan fingerprint density at radius 2 is 1.91 bits per heavy atom. The Balaban J connectivity index is 1.64. The highest BCUT2D eigenvalue weighted by Gasteiger charge is 2.39. The Kier molecular flexibility index (Phi) is 4.24. The van der Waals surface area contributed by atoms with Gasteiger partial charge in [0.1, 0.15) is 12.1 Å². The Labute approximate surface area is 190 Å². The van der Waals surface area contributed by atoms with Crippen molar-refractivity contribution in [2.75, 3.05) is 0 Å². The minimum atomic E-state index is -0.270. The van der Waals surface area contributed by atoms with Gasteiger partial charge in [0.05, 0.1) is 35.2 Å². The fourth-order valence-corrected chi connectivity index (χ4v) is 4.87. The molecule has 1 atom stereocenters. The van der Waals surface area contributed by atoms with E-state index in [0.29, 0.717) is 23.9 Å². The van der Waals surface area contributed by atoms with E-state index in [0.717, 1.165) is 41.1 Å². The third kappa shape index (κ3) is 3.23. The molecule has 1 aliphatic carbocycles. The van der Waals surface area contributed by atoms with Gasteiger partial charge in [0.15, 0.2) is 11.3 Å². The molecule has 0 radical (unpaired) electrons. The maximum absolute atomic E-state index is 13.7. The van der Waals surface area contributed by atoms with Crippen LogP contribution in [0.25, 0.3) is 33.9 Å². The summed E-state index contributed by atoms with van der Waals surface area (Å²) in [5.41, 5.74) is 5.00. The molecule has 1 saturated carbocycles. The van der Waals surface area contributed by atoms with Crippen LogP contribution in [0.3, 0.4) is 0 Å². The number of halogens is 1. The van der Waals surface area contributed by atoms with Gasteiger partial charge in [0.2, 0.25) is 0 Å². The van der Waals surface area contributed by atoms with Gasteiger partial charge in [0, 0.05) is 23.7 Å². The molecular formula is C25H25FN6O. The average Bonchev–Trinajstić information content (AvgIpc) is 3.32. The lowest BCUT2D eigenvalue weighted by Gasteiger charge is -2.38. The molecule has 33 heavy (non-hydrogen) atoms. The topological polar surface area (TPSA) is 81.4 Å². The largest absolute Gasteiger partial charge is 0.340 e. The van der Waals surface area contributed by atoms with Gasteiger partial charge in [-0.15, -0.1) is 0 Å². The first kappa shape index (κ1) is 20.1. The van der Waals surface area contributed by atoms with Crippen LogP contribution >= 0.6 is 0 Å². The highest BCUT2D eigenvalue weighted by molar-refractivity contribution is 5.83. The molecule has 2 aliphatic rings. The third-order valence-electron chi connectivity index (χ3n) is 6.75. The molecule has 1 aliphatic heterocycles. The standard InChI is InChI=1S/C25H25FN6O/c1-25(2,3)20-12-32-23(18-10-19(33)17(11-31(18)20)24-27-13-28-29-24)21(22(30-32)15-4-5-15)14-6-8-16(26)9-7-14/h6-11,13,15,20H,4-5,12H2,1-3H3,(H,27,28,29)/t20-/m0/s1. The van der Waals surface area contributed by atoms with Crippen LogP contribution in [0, 0.1) is 11.2 Å². The molecule has 4 aromatic rings. The quantitative estimate of drug-likeness (QED) is 0.493. The van der Waals surface area contributed by atoms with Crippen LogP contribution in [0.15, 0.2) is 47.7 Å². The fourth-order valence-electron chi connectivity index (χ4n) is 4.87. The van der Waals surface area contributed by atoms with Crippen molar-refractivity contribution in [1.82, 2.24) is 29.5 Å². The summed E-state index contributed by atoms with van der Waals surface area (Å²) in [6.07, 6.45) is 5.51. The predicted molar refractivity (Wildman–Crippen MR) is 123 cm³/mol. The summed E-state index contributed by atoms with van der Waals surface area (Å²) in [7, 11) is 0. The second-order valence-corrected chi connectivity index (χ2v) is 10.1. The minimum Gasteiger partial charge on any atom is -0.340 e. The molecule has 7 nitrogen and oxygen atoms in total. The van der Waals surface area contributed by atoms with Crippen molar-refractivity contribution in [3.8, 4) is 33.9 Å². The lowest BCUT2D eigenvalue weighted by atomic mass is 9.84. The second-order valence-electron chi connectivity index (χ2n) is 10.1. The highest BCUT2D eigenvalue weighted by atomic mass is 19.1. The van der Waals surface area contributed by atoms with E-state index < -0.39 is 0 Å². The van der Waals surface area contributed by atoms with E-state index in [2.05, 4.69) is 45.2 Å². The molecule has 4 heterocycles. The fraction of sp³-hybridized carbons (Fsp3) is 0.360. The van der Waals surface area contributed by atoms with Crippen LogP contribution in [0.5, 0.6) is 0 Å². The van der Waals surface area contributed by atoms with Crippen LogP contribution in [-0.4, -0.2) is 29.5 Å². The van der Waals surface area contributed by atoms with E-state index in [1.807, 2.05) is 6.20 Å². The first-order valence-corrected chi connectivity index (χ1v) is 11.3. The molecule has 1 fully saturated rings. The maximum atomic E-state index is 13.7. The molecule has 0 spiro atoms. The molecular weight excluding hydrogens is 419 g/mol. The Hall–Kier alpha value is -3.55. The van der Waals surface area contributed by atoms with Gasteiger partial charge in [-0.1, -0.05) is 32.9 Å². The van der Waals surface area contributed by atoms with Gasteiger partial charge in [-0.05, 0) is 36.0 Å². The maximum Gasteiger partial charge on any atom is 0.193 e. The predicted octanol–water partition coefficient (Wildman–Crippen LogP) is 4.78. The van der Waals surface area contributed by atoms with Crippen molar-refractivity contribution in [3.05, 3.63) is 64.6 Å². The third-order valence-corrected chi connectivity index (χ3v) is 6.75. The van der Waals surface area contributed by atoms with Gasteiger partial charge in [-0.25, -0.2) is 9.37 Å². The highest BCUT2D eigenvalue weighted by Crippen LogP contribution is 2.50. The summed E-state index contributed by atoms with van der Waals surface area (Å²) in [6, 6.07) is 8.34. The zero-order valence-electron chi connectivity index (χ0n) is 18.8. The Morgan fingerprint density at radius 1 is 1.15 bits per heavy atom. The summed E-state index contributed by atoms with van der Waals surface area (Å²) in [5.74, 6) is 0.596. The normalized spacial score (nSPS) is 17.6. The number of H-pyrrole nitrogens is 1. The number of nitrogens with one attached hydrogen (secondary N) is 1. The second kappa shape index (κ2) is 6.97. The molecule has 0 amide bonds. The molecule has 168 valence electrons. The van der Waals surface area contributed by atoms with E-state index in [1.165, 1.54) is 18.5 Å². The van der Waals surface area contributed by atoms with E-state index in [1.54, 1.807) is 18.2 Å². The Morgan fingerprint density at radius 3 is 2.55 bits per heavy atom. The number of fused-ring (bicyclic) bond motifs is 3. The summed E-state index contributed by atoms with van der Waals surface area (Å²) >= 11 is 0. The summed E-state index contributed by atoms with van der Waals surface area (Å²) in [6.45, 7) is 7.28. The van der Waals surface area contributed by atoms with Crippen LogP contribution in [0.4, 0.5) is 4.39 Å². The number of aromatic amines is 1. The van der Waals surface area contributed by atoms with E-state index in [9.17, 15) is 9.18 Å².